The average Bonchev–Trinajstić information content (AvgIpc) is 3.55. The van der Waals surface area contributed by atoms with Crippen molar-refractivity contribution in [3.63, 3.8) is 0 Å². The summed E-state index contributed by atoms with van der Waals surface area (Å²) in [6, 6.07) is 20.0. The monoisotopic (exact) mass is 463 g/mol. The molecule has 1 saturated carbocycles. The molecule has 2 aliphatic rings. The molecule has 174 valence electrons. The van der Waals surface area contributed by atoms with Crippen molar-refractivity contribution in [3.05, 3.63) is 89.6 Å². The summed E-state index contributed by atoms with van der Waals surface area (Å²) in [4.78, 5) is 22.2. The van der Waals surface area contributed by atoms with Crippen LogP contribution in [0.5, 0.6) is 0 Å². The normalized spacial score (nSPS) is 16.2. The largest absolute Gasteiger partial charge is 0.464 e. The van der Waals surface area contributed by atoms with Crippen molar-refractivity contribution >= 4 is 17.3 Å². The summed E-state index contributed by atoms with van der Waals surface area (Å²) in [5.74, 6) is -0.511. The lowest BCUT2D eigenvalue weighted by Gasteiger charge is -2.38. The standard InChI is InChI=1S/C28H25N5O2/c1-35-27(34)23-17-21(22-9-5-16-30-22)26-31-24(25(33(26)32-23)19-7-3-2-4-8-19)18-10-12-20(13-11-18)28(29)14-6-15-28/h2-5,7-13,17H,6,14-16,29H2,1H3. The molecule has 3 heterocycles. The number of carbonyl (C=O) groups is 1. The third-order valence-corrected chi connectivity index (χ3v) is 6.92. The Morgan fingerprint density at radius 2 is 1.83 bits per heavy atom. The number of allylic oxidation sites excluding steroid dienone is 1. The number of benzene rings is 2. The number of carbonyl (C=O) groups excluding carboxylic acids is 1. The van der Waals surface area contributed by atoms with Gasteiger partial charge in [0.15, 0.2) is 11.3 Å². The topological polar surface area (TPSA) is 94.9 Å². The van der Waals surface area contributed by atoms with Crippen LogP contribution in [0.1, 0.15) is 40.9 Å². The molecule has 6 rings (SSSR count). The molecule has 35 heavy (non-hydrogen) atoms. The maximum Gasteiger partial charge on any atom is 0.358 e. The minimum Gasteiger partial charge on any atom is -0.464 e. The van der Waals surface area contributed by atoms with E-state index in [1.165, 1.54) is 7.11 Å². The summed E-state index contributed by atoms with van der Waals surface area (Å²) >= 11 is 0. The SMILES string of the molecule is COC(=O)c1cc(C2=NCC=C2)c2nc(-c3ccc(C4(N)CCC4)cc3)c(-c3ccccc3)n2n1. The molecular weight excluding hydrogens is 438 g/mol. The molecule has 0 saturated heterocycles. The number of hydrogen-bond donors (Lipinski definition) is 1. The van der Waals surface area contributed by atoms with Crippen molar-refractivity contribution in [1.29, 1.82) is 0 Å². The van der Waals surface area contributed by atoms with Crippen molar-refractivity contribution in [3.8, 4) is 22.5 Å². The van der Waals surface area contributed by atoms with Crippen LogP contribution in [0.3, 0.4) is 0 Å². The predicted molar refractivity (Wildman–Crippen MR) is 135 cm³/mol. The van der Waals surface area contributed by atoms with Crippen LogP contribution in [-0.4, -0.2) is 39.9 Å². The molecule has 1 aliphatic heterocycles. The molecule has 0 radical (unpaired) electrons. The smallest absolute Gasteiger partial charge is 0.358 e. The molecule has 2 aromatic carbocycles. The molecular formula is C28H25N5O2. The highest BCUT2D eigenvalue weighted by atomic mass is 16.5. The number of nitrogens with two attached hydrogens (primary N) is 1. The van der Waals surface area contributed by atoms with E-state index in [-0.39, 0.29) is 11.2 Å². The molecule has 0 amide bonds. The first-order valence-electron chi connectivity index (χ1n) is 11.8. The number of rotatable bonds is 5. The van der Waals surface area contributed by atoms with E-state index >= 15 is 0 Å². The minimum atomic E-state index is -0.511. The number of aromatic nitrogens is 3. The number of fused-ring (bicyclic) bond motifs is 1. The summed E-state index contributed by atoms with van der Waals surface area (Å²) in [6.07, 6.45) is 7.11. The zero-order valence-corrected chi connectivity index (χ0v) is 19.4. The van der Waals surface area contributed by atoms with Gasteiger partial charge in [-0.3, -0.25) is 4.99 Å². The van der Waals surface area contributed by atoms with E-state index in [0.717, 1.165) is 58.6 Å². The number of hydrogen-bond acceptors (Lipinski definition) is 6. The molecule has 0 bridgehead atoms. The molecule has 7 heteroatoms. The third-order valence-electron chi connectivity index (χ3n) is 6.92. The van der Waals surface area contributed by atoms with Crippen LogP contribution in [0.2, 0.25) is 0 Å². The van der Waals surface area contributed by atoms with E-state index in [9.17, 15) is 4.79 Å². The Morgan fingerprint density at radius 3 is 2.46 bits per heavy atom. The molecule has 1 aliphatic carbocycles. The number of ether oxygens (including phenoxy) is 1. The zero-order valence-electron chi connectivity index (χ0n) is 19.4. The Morgan fingerprint density at radius 1 is 1.06 bits per heavy atom. The highest BCUT2D eigenvalue weighted by molar-refractivity contribution is 6.14. The maximum absolute atomic E-state index is 12.5. The van der Waals surface area contributed by atoms with Gasteiger partial charge < -0.3 is 10.5 Å². The Kier molecular flexibility index (Phi) is 5.07. The van der Waals surface area contributed by atoms with Gasteiger partial charge >= 0.3 is 5.97 Å². The van der Waals surface area contributed by atoms with Crippen molar-refractivity contribution in [2.24, 2.45) is 10.7 Å². The molecule has 1 fully saturated rings. The molecule has 7 nitrogen and oxygen atoms in total. The Bertz CT molecular complexity index is 1500. The van der Waals surface area contributed by atoms with Gasteiger partial charge in [0, 0.05) is 22.2 Å². The molecule has 2 aromatic heterocycles. The first kappa shape index (κ1) is 21.4. The second-order valence-electron chi connectivity index (χ2n) is 9.06. The minimum absolute atomic E-state index is 0.199. The second kappa shape index (κ2) is 8.29. The van der Waals surface area contributed by atoms with Crippen molar-refractivity contribution in [1.82, 2.24) is 14.6 Å². The van der Waals surface area contributed by atoms with Gasteiger partial charge in [-0.2, -0.15) is 5.10 Å². The van der Waals surface area contributed by atoms with Gasteiger partial charge in [0.1, 0.15) is 5.69 Å². The molecule has 0 atom stereocenters. The van der Waals surface area contributed by atoms with E-state index < -0.39 is 5.97 Å². The summed E-state index contributed by atoms with van der Waals surface area (Å²) < 4.78 is 6.74. The second-order valence-corrected chi connectivity index (χ2v) is 9.06. The fourth-order valence-electron chi connectivity index (χ4n) is 4.82. The lowest BCUT2D eigenvalue weighted by molar-refractivity contribution is 0.0592. The summed E-state index contributed by atoms with van der Waals surface area (Å²) in [5, 5.41) is 4.66. The van der Waals surface area contributed by atoms with Gasteiger partial charge in [0.2, 0.25) is 0 Å². The van der Waals surface area contributed by atoms with Crippen molar-refractivity contribution in [2.45, 2.75) is 24.8 Å². The van der Waals surface area contributed by atoms with Crippen LogP contribution in [0.4, 0.5) is 0 Å². The van der Waals surface area contributed by atoms with Crippen LogP contribution in [0.15, 0.2) is 77.8 Å². The van der Waals surface area contributed by atoms with Crippen molar-refractivity contribution < 1.29 is 9.53 Å². The molecule has 2 N–H and O–H groups in total. The number of methoxy groups -OCH3 is 1. The molecule has 4 aromatic rings. The van der Waals surface area contributed by atoms with Gasteiger partial charge in [-0.15, -0.1) is 0 Å². The number of aliphatic imine (C=N–C) groups is 1. The van der Waals surface area contributed by atoms with Gasteiger partial charge in [-0.25, -0.2) is 14.3 Å². The number of esters is 1. The first-order valence-corrected chi connectivity index (χ1v) is 11.8. The average molecular weight is 464 g/mol. The van der Waals surface area contributed by atoms with E-state index in [2.05, 4.69) is 34.4 Å². The van der Waals surface area contributed by atoms with Gasteiger partial charge in [-0.1, -0.05) is 60.7 Å². The number of imidazole rings is 1. The maximum atomic E-state index is 12.5. The number of nitrogens with zero attached hydrogens (tertiary/aromatic N) is 4. The first-order chi connectivity index (χ1) is 17.1. The molecule has 0 spiro atoms. The van der Waals surface area contributed by atoms with Crippen LogP contribution in [-0.2, 0) is 10.3 Å². The summed E-state index contributed by atoms with van der Waals surface area (Å²) in [6.45, 7) is 0.596. The summed E-state index contributed by atoms with van der Waals surface area (Å²) in [5.41, 5.74) is 13.3. The predicted octanol–water partition coefficient (Wildman–Crippen LogP) is 4.55. The van der Waals surface area contributed by atoms with Crippen LogP contribution in [0.25, 0.3) is 28.2 Å². The van der Waals surface area contributed by atoms with Crippen LogP contribution >= 0.6 is 0 Å². The summed E-state index contributed by atoms with van der Waals surface area (Å²) in [7, 11) is 1.35. The van der Waals surface area contributed by atoms with E-state index in [0.29, 0.717) is 12.2 Å². The fraction of sp³-hybridized carbons (Fsp3) is 0.214. The fourth-order valence-corrected chi connectivity index (χ4v) is 4.82. The van der Waals surface area contributed by atoms with Gasteiger partial charge in [-0.05, 0) is 37.0 Å². The van der Waals surface area contributed by atoms with Gasteiger partial charge in [0.05, 0.1) is 25.1 Å². The highest BCUT2D eigenvalue weighted by Crippen LogP contribution is 2.40. The third kappa shape index (κ3) is 3.56. The quantitative estimate of drug-likeness (QED) is 0.438. The Hall–Kier alpha value is -4.10. The van der Waals surface area contributed by atoms with Crippen LogP contribution in [0, 0.1) is 0 Å². The Labute approximate surface area is 203 Å². The van der Waals surface area contributed by atoms with E-state index in [4.69, 9.17) is 15.5 Å². The lowest BCUT2D eigenvalue weighted by atomic mass is 9.72. The van der Waals surface area contributed by atoms with Crippen LogP contribution < -0.4 is 5.73 Å². The van der Waals surface area contributed by atoms with E-state index in [1.807, 2.05) is 42.5 Å². The lowest BCUT2D eigenvalue weighted by Crippen LogP contribution is -2.43. The molecule has 0 unspecified atom stereocenters. The van der Waals surface area contributed by atoms with E-state index in [1.54, 1.807) is 10.6 Å². The van der Waals surface area contributed by atoms with Crippen molar-refractivity contribution in [2.75, 3.05) is 13.7 Å². The van der Waals surface area contributed by atoms with Gasteiger partial charge in [0.25, 0.3) is 0 Å². The highest BCUT2D eigenvalue weighted by Gasteiger charge is 2.34. The Balaban J connectivity index is 1.61. The zero-order chi connectivity index (χ0) is 24.0.